The summed E-state index contributed by atoms with van der Waals surface area (Å²) in [6.07, 6.45) is 10.0. The highest BCUT2D eigenvalue weighted by molar-refractivity contribution is 9.09. The van der Waals surface area contributed by atoms with Crippen molar-refractivity contribution in [1.29, 1.82) is 0 Å². The molecule has 0 aromatic heterocycles. The van der Waals surface area contributed by atoms with E-state index in [1.54, 1.807) is 0 Å². The zero-order valence-electron chi connectivity index (χ0n) is 13.4. The van der Waals surface area contributed by atoms with Gasteiger partial charge in [-0.05, 0) is 78.7 Å². The highest BCUT2D eigenvalue weighted by Gasteiger charge is 2.58. The van der Waals surface area contributed by atoms with Crippen molar-refractivity contribution < 1.29 is 0 Å². The molecule has 4 aliphatic rings. The Balaban J connectivity index is 1.65. The molecule has 3 unspecified atom stereocenters. The molecule has 0 nitrogen and oxygen atoms in total. The van der Waals surface area contributed by atoms with E-state index >= 15 is 0 Å². The second kappa shape index (κ2) is 4.85. The molecule has 0 heterocycles. The standard InChI is InChI=1S/C20H27Br/c1-3-14-4-6-17(7-5-14)18(21)20-11-15-8-16(12-20)10-19(2,9-15)13-20/h4-7,15-16,18H,3,8-13H2,1-2H3. The lowest BCUT2D eigenvalue weighted by Gasteiger charge is -2.63. The zero-order chi connectivity index (χ0) is 14.7. The largest absolute Gasteiger partial charge is 0.0833 e. The number of halogens is 1. The topological polar surface area (TPSA) is 0 Å². The van der Waals surface area contributed by atoms with Gasteiger partial charge in [0.05, 0.1) is 0 Å². The van der Waals surface area contributed by atoms with Crippen molar-refractivity contribution >= 4 is 15.9 Å². The molecule has 5 rings (SSSR count). The van der Waals surface area contributed by atoms with Gasteiger partial charge < -0.3 is 0 Å². The van der Waals surface area contributed by atoms with Crippen LogP contribution < -0.4 is 0 Å². The molecule has 3 atom stereocenters. The predicted molar refractivity (Wildman–Crippen MR) is 92.7 cm³/mol. The summed E-state index contributed by atoms with van der Waals surface area (Å²) in [5, 5.41) is 0. The summed E-state index contributed by atoms with van der Waals surface area (Å²) in [5.74, 6) is 2.01. The molecule has 114 valence electrons. The van der Waals surface area contributed by atoms with Crippen LogP contribution in [0.5, 0.6) is 0 Å². The fourth-order valence-corrected chi connectivity index (χ4v) is 7.21. The Hall–Kier alpha value is -0.300. The van der Waals surface area contributed by atoms with E-state index in [2.05, 4.69) is 54.0 Å². The molecule has 4 aliphatic carbocycles. The summed E-state index contributed by atoms with van der Waals surface area (Å²) in [6, 6.07) is 9.40. The Morgan fingerprint density at radius 2 is 1.71 bits per heavy atom. The van der Waals surface area contributed by atoms with Crippen molar-refractivity contribution in [2.75, 3.05) is 0 Å². The molecule has 0 aliphatic heterocycles. The van der Waals surface area contributed by atoms with E-state index in [4.69, 9.17) is 0 Å². The van der Waals surface area contributed by atoms with Gasteiger partial charge in [0.15, 0.2) is 0 Å². The molecule has 0 spiro atoms. The Labute approximate surface area is 137 Å². The first-order chi connectivity index (χ1) is 10.0. The first-order valence-corrected chi connectivity index (χ1v) is 9.66. The SMILES string of the molecule is CCc1ccc(C(Br)C23CC4CC(CC(C)(C4)C2)C3)cc1. The average molecular weight is 347 g/mol. The number of hydrogen-bond acceptors (Lipinski definition) is 0. The number of alkyl halides is 1. The summed E-state index contributed by atoms with van der Waals surface area (Å²) in [7, 11) is 0. The third-order valence-electron chi connectivity index (χ3n) is 6.62. The summed E-state index contributed by atoms with van der Waals surface area (Å²) >= 11 is 4.14. The molecule has 0 radical (unpaired) electrons. The number of aryl methyl sites for hydroxylation is 1. The fraction of sp³-hybridized carbons (Fsp3) is 0.700. The molecule has 4 fully saturated rings. The lowest BCUT2D eigenvalue weighted by Crippen LogP contribution is -2.52. The van der Waals surface area contributed by atoms with Crippen LogP contribution in [0.25, 0.3) is 0 Å². The Bertz CT molecular complexity index is 515. The lowest BCUT2D eigenvalue weighted by atomic mass is 9.44. The van der Waals surface area contributed by atoms with Crippen molar-refractivity contribution in [2.45, 2.75) is 63.6 Å². The summed E-state index contributed by atoms with van der Waals surface area (Å²) < 4.78 is 0. The quantitative estimate of drug-likeness (QED) is 0.564. The minimum Gasteiger partial charge on any atom is -0.0833 e. The second-order valence-corrected chi connectivity index (χ2v) is 9.51. The smallest absolute Gasteiger partial charge is 0.0451 e. The minimum absolute atomic E-state index is 0.534. The van der Waals surface area contributed by atoms with Crippen molar-refractivity contribution in [3.8, 4) is 0 Å². The molecule has 0 saturated heterocycles. The molecule has 0 N–H and O–H groups in total. The van der Waals surface area contributed by atoms with E-state index in [0.717, 1.165) is 18.3 Å². The van der Waals surface area contributed by atoms with Crippen LogP contribution in [0.4, 0.5) is 0 Å². The first-order valence-electron chi connectivity index (χ1n) is 8.75. The molecule has 4 bridgehead atoms. The maximum Gasteiger partial charge on any atom is 0.0451 e. The first kappa shape index (κ1) is 14.3. The molecular formula is C20H27Br. The Morgan fingerprint density at radius 3 is 2.24 bits per heavy atom. The Morgan fingerprint density at radius 1 is 1.10 bits per heavy atom. The third kappa shape index (κ3) is 2.31. The summed E-state index contributed by atoms with van der Waals surface area (Å²) in [4.78, 5) is 0.557. The van der Waals surface area contributed by atoms with Gasteiger partial charge in [0.25, 0.3) is 0 Å². The lowest BCUT2D eigenvalue weighted by molar-refractivity contribution is -0.101. The number of benzene rings is 1. The summed E-state index contributed by atoms with van der Waals surface area (Å²) in [6.45, 7) is 4.81. The van der Waals surface area contributed by atoms with E-state index in [1.807, 2.05) is 0 Å². The van der Waals surface area contributed by atoms with E-state index in [1.165, 1.54) is 49.7 Å². The number of rotatable bonds is 3. The maximum absolute atomic E-state index is 4.14. The summed E-state index contributed by atoms with van der Waals surface area (Å²) in [5.41, 5.74) is 4.14. The van der Waals surface area contributed by atoms with Gasteiger partial charge in [-0.1, -0.05) is 54.0 Å². The highest BCUT2D eigenvalue weighted by Crippen LogP contribution is 2.69. The van der Waals surface area contributed by atoms with Gasteiger partial charge in [-0.3, -0.25) is 0 Å². The van der Waals surface area contributed by atoms with Crippen molar-refractivity contribution in [3.05, 3.63) is 35.4 Å². The van der Waals surface area contributed by atoms with Gasteiger partial charge in [0.1, 0.15) is 0 Å². The molecule has 21 heavy (non-hydrogen) atoms. The monoisotopic (exact) mass is 346 g/mol. The minimum atomic E-state index is 0.534. The Kier molecular flexibility index (Phi) is 3.30. The van der Waals surface area contributed by atoms with Crippen molar-refractivity contribution in [3.63, 3.8) is 0 Å². The van der Waals surface area contributed by atoms with Crippen LogP contribution in [0.2, 0.25) is 0 Å². The van der Waals surface area contributed by atoms with E-state index < -0.39 is 0 Å². The van der Waals surface area contributed by atoms with Gasteiger partial charge in [-0.2, -0.15) is 0 Å². The van der Waals surface area contributed by atoms with Gasteiger partial charge in [0, 0.05) is 4.83 Å². The zero-order valence-corrected chi connectivity index (χ0v) is 15.0. The van der Waals surface area contributed by atoms with Gasteiger partial charge >= 0.3 is 0 Å². The van der Waals surface area contributed by atoms with E-state index in [9.17, 15) is 0 Å². The maximum atomic E-state index is 4.14. The van der Waals surface area contributed by atoms with E-state index in [-0.39, 0.29) is 0 Å². The van der Waals surface area contributed by atoms with E-state index in [0.29, 0.717) is 15.7 Å². The second-order valence-electron chi connectivity index (χ2n) is 8.59. The third-order valence-corrected chi connectivity index (χ3v) is 8.12. The molecule has 1 heteroatoms. The highest BCUT2D eigenvalue weighted by atomic mass is 79.9. The van der Waals surface area contributed by atoms with Crippen molar-refractivity contribution in [1.82, 2.24) is 0 Å². The van der Waals surface area contributed by atoms with Gasteiger partial charge in [0.2, 0.25) is 0 Å². The van der Waals surface area contributed by atoms with Crippen LogP contribution in [0, 0.1) is 22.7 Å². The number of hydrogen-bond donors (Lipinski definition) is 0. The van der Waals surface area contributed by atoms with Crippen LogP contribution in [-0.2, 0) is 6.42 Å². The molecule has 1 aromatic rings. The fourth-order valence-electron chi connectivity index (χ4n) is 6.37. The van der Waals surface area contributed by atoms with Crippen LogP contribution in [-0.4, -0.2) is 0 Å². The van der Waals surface area contributed by atoms with Crippen molar-refractivity contribution in [2.24, 2.45) is 22.7 Å². The molecule has 1 aromatic carbocycles. The van der Waals surface area contributed by atoms with Gasteiger partial charge in [-0.15, -0.1) is 0 Å². The van der Waals surface area contributed by atoms with Crippen LogP contribution in [0.15, 0.2) is 24.3 Å². The van der Waals surface area contributed by atoms with Crippen LogP contribution >= 0.6 is 15.9 Å². The predicted octanol–water partition coefficient (Wildman–Crippen LogP) is 6.29. The van der Waals surface area contributed by atoms with Gasteiger partial charge in [-0.25, -0.2) is 0 Å². The molecule has 0 amide bonds. The van der Waals surface area contributed by atoms with Crippen LogP contribution in [0.3, 0.4) is 0 Å². The molecule has 4 saturated carbocycles. The average Bonchev–Trinajstić information content (AvgIpc) is 2.44. The normalized spacial score (nSPS) is 42.2. The molecular weight excluding hydrogens is 320 g/mol. The van der Waals surface area contributed by atoms with Crippen LogP contribution in [0.1, 0.15) is 68.3 Å².